The lowest BCUT2D eigenvalue weighted by atomic mass is 10.1. The molecule has 2 aromatic rings. The van der Waals surface area contributed by atoms with E-state index in [1.807, 2.05) is 19.2 Å². The van der Waals surface area contributed by atoms with Crippen molar-refractivity contribution in [3.63, 3.8) is 0 Å². The van der Waals surface area contributed by atoms with Crippen molar-refractivity contribution in [1.29, 1.82) is 0 Å². The van der Waals surface area contributed by atoms with Gasteiger partial charge in [-0.3, -0.25) is 4.90 Å². The van der Waals surface area contributed by atoms with E-state index >= 15 is 0 Å². The van der Waals surface area contributed by atoms with Gasteiger partial charge in [-0.1, -0.05) is 12.1 Å². The largest absolute Gasteiger partial charge is 0.493 e. The number of hydrogen-bond donors (Lipinski definition) is 1. The van der Waals surface area contributed by atoms with Crippen LogP contribution in [0.15, 0.2) is 29.6 Å². The first-order chi connectivity index (χ1) is 11.4. The summed E-state index contributed by atoms with van der Waals surface area (Å²) < 4.78 is 11.0. The van der Waals surface area contributed by atoms with Crippen LogP contribution in [0.25, 0.3) is 0 Å². The molecule has 5 nitrogen and oxygen atoms in total. The fourth-order valence-corrected chi connectivity index (χ4v) is 3.35. The van der Waals surface area contributed by atoms with Crippen LogP contribution in [0.1, 0.15) is 22.9 Å². The summed E-state index contributed by atoms with van der Waals surface area (Å²) in [5.41, 5.74) is 2.19. The van der Waals surface area contributed by atoms with Crippen molar-refractivity contribution < 1.29 is 19.4 Å². The van der Waals surface area contributed by atoms with Crippen molar-refractivity contribution in [2.24, 2.45) is 0 Å². The second-order valence-corrected chi connectivity index (χ2v) is 6.75. The molecule has 0 aliphatic rings. The molecule has 1 N–H and O–H groups in total. The summed E-state index contributed by atoms with van der Waals surface area (Å²) in [7, 11) is 3.58. The van der Waals surface area contributed by atoms with Gasteiger partial charge in [-0.15, -0.1) is 11.3 Å². The lowest BCUT2D eigenvalue weighted by molar-refractivity contribution is -0.144. The number of carboxylic acid groups (broad SMARTS) is 1. The minimum atomic E-state index is -1.01. The summed E-state index contributed by atoms with van der Waals surface area (Å²) in [6.07, 6.45) is -0.940. The summed E-state index contributed by atoms with van der Waals surface area (Å²) >= 11 is 1.74. The molecule has 1 unspecified atom stereocenters. The Hall–Kier alpha value is -2.05. The third-order valence-corrected chi connectivity index (χ3v) is 4.75. The van der Waals surface area contributed by atoms with E-state index in [9.17, 15) is 4.79 Å². The van der Waals surface area contributed by atoms with Gasteiger partial charge in [-0.25, -0.2) is 4.79 Å². The van der Waals surface area contributed by atoms with Crippen LogP contribution in [0.4, 0.5) is 0 Å². The first kappa shape index (κ1) is 18.3. The van der Waals surface area contributed by atoms with Crippen molar-refractivity contribution in [3.8, 4) is 11.5 Å². The Morgan fingerprint density at radius 2 is 2.08 bits per heavy atom. The zero-order valence-electron chi connectivity index (χ0n) is 14.4. The van der Waals surface area contributed by atoms with E-state index in [4.69, 9.17) is 14.6 Å². The maximum atomic E-state index is 11.1. The summed E-state index contributed by atoms with van der Waals surface area (Å²) in [6, 6.07) is 7.71. The molecule has 130 valence electrons. The zero-order valence-corrected chi connectivity index (χ0v) is 15.2. The number of carbonyl (C=O) groups is 1. The number of benzene rings is 1. The van der Waals surface area contributed by atoms with Gasteiger partial charge in [0.25, 0.3) is 0 Å². The maximum absolute atomic E-state index is 11.1. The molecule has 0 spiro atoms. The normalized spacial score (nSPS) is 12.2. The molecule has 0 saturated heterocycles. The average Bonchev–Trinajstić information content (AvgIpc) is 2.93. The molecule has 2 rings (SSSR count). The topological polar surface area (TPSA) is 59.0 Å². The Morgan fingerprint density at radius 1 is 1.33 bits per heavy atom. The highest BCUT2D eigenvalue weighted by Gasteiger charge is 2.19. The standard InChI is InChI=1S/C18H23NO4S/c1-12-8-9-24-16(12)11-19(3)10-14-6-5-7-15(22-4)17(14)23-13(2)18(20)21/h5-9,13H,10-11H2,1-4H3,(H,20,21). The Balaban J connectivity index is 2.19. The van der Waals surface area contributed by atoms with Gasteiger partial charge in [-0.2, -0.15) is 0 Å². The van der Waals surface area contributed by atoms with Gasteiger partial charge >= 0.3 is 5.97 Å². The highest BCUT2D eigenvalue weighted by atomic mass is 32.1. The van der Waals surface area contributed by atoms with E-state index in [1.54, 1.807) is 24.5 Å². The van der Waals surface area contributed by atoms with Crippen molar-refractivity contribution in [1.82, 2.24) is 4.90 Å². The number of aryl methyl sites for hydroxylation is 1. The lowest BCUT2D eigenvalue weighted by Gasteiger charge is -2.21. The van der Waals surface area contributed by atoms with Crippen LogP contribution >= 0.6 is 11.3 Å². The molecule has 6 heteroatoms. The van der Waals surface area contributed by atoms with Crippen molar-refractivity contribution in [2.45, 2.75) is 33.0 Å². The number of hydrogen-bond acceptors (Lipinski definition) is 5. The van der Waals surface area contributed by atoms with Gasteiger partial charge < -0.3 is 14.6 Å². The Kier molecular flexibility index (Phi) is 6.23. The van der Waals surface area contributed by atoms with Crippen LogP contribution in [0, 0.1) is 6.92 Å². The lowest BCUT2D eigenvalue weighted by Crippen LogP contribution is -2.24. The molecule has 1 atom stereocenters. The number of methoxy groups -OCH3 is 1. The second kappa shape index (κ2) is 8.17. The summed E-state index contributed by atoms with van der Waals surface area (Å²) in [4.78, 5) is 14.6. The van der Waals surface area contributed by atoms with E-state index in [0.717, 1.165) is 12.1 Å². The summed E-state index contributed by atoms with van der Waals surface area (Å²) in [5.74, 6) is 0.0281. The van der Waals surface area contributed by atoms with E-state index in [2.05, 4.69) is 23.3 Å². The Labute approximate surface area is 146 Å². The van der Waals surface area contributed by atoms with Crippen molar-refractivity contribution in [2.75, 3.05) is 14.2 Å². The van der Waals surface area contributed by atoms with Gasteiger partial charge in [0.2, 0.25) is 0 Å². The van der Waals surface area contributed by atoms with Gasteiger partial charge in [0, 0.05) is 23.5 Å². The molecule has 0 aliphatic heterocycles. The third-order valence-electron chi connectivity index (χ3n) is 3.74. The molecule has 0 radical (unpaired) electrons. The van der Waals surface area contributed by atoms with Gasteiger partial charge in [0.05, 0.1) is 7.11 Å². The number of para-hydroxylation sites is 1. The maximum Gasteiger partial charge on any atom is 0.344 e. The minimum absolute atomic E-state index is 0.490. The van der Waals surface area contributed by atoms with Gasteiger partial charge in [0.1, 0.15) is 0 Å². The zero-order chi connectivity index (χ0) is 17.7. The van der Waals surface area contributed by atoms with E-state index < -0.39 is 12.1 Å². The predicted octanol–water partition coefficient (Wildman–Crippen LogP) is 3.55. The SMILES string of the molecule is COc1cccc(CN(C)Cc2sccc2C)c1OC(C)C(=O)O. The molecular formula is C18H23NO4S. The monoisotopic (exact) mass is 349 g/mol. The fourth-order valence-electron chi connectivity index (χ4n) is 2.37. The molecular weight excluding hydrogens is 326 g/mol. The van der Waals surface area contributed by atoms with Gasteiger partial charge in [-0.05, 0) is 44.0 Å². The highest BCUT2D eigenvalue weighted by Crippen LogP contribution is 2.33. The number of ether oxygens (including phenoxy) is 2. The number of nitrogens with zero attached hydrogens (tertiary/aromatic N) is 1. The highest BCUT2D eigenvalue weighted by molar-refractivity contribution is 7.10. The minimum Gasteiger partial charge on any atom is -0.493 e. The molecule has 0 fully saturated rings. The van der Waals surface area contributed by atoms with Crippen molar-refractivity contribution >= 4 is 17.3 Å². The number of thiophene rings is 1. The van der Waals surface area contributed by atoms with Crippen LogP contribution in [0.3, 0.4) is 0 Å². The van der Waals surface area contributed by atoms with E-state index in [0.29, 0.717) is 18.0 Å². The van der Waals surface area contributed by atoms with Crippen LogP contribution < -0.4 is 9.47 Å². The average molecular weight is 349 g/mol. The van der Waals surface area contributed by atoms with E-state index in [-0.39, 0.29) is 0 Å². The Bertz CT molecular complexity index is 698. The quantitative estimate of drug-likeness (QED) is 0.790. The first-order valence-corrected chi connectivity index (χ1v) is 8.57. The Morgan fingerprint density at radius 3 is 2.67 bits per heavy atom. The van der Waals surface area contributed by atoms with Gasteiger partial charge in [0.15, 0.2) is 17.6 Å². The number of aliphatic carboxylic acids is 1. The molecule has 1 heterocycles. The number of carboxylic acids is 1. The van der Waals surface area contributed by atoms with Crippen LogP contribution in [-0.4, -0.2) is 36.2 Å². The predicted molar refractivity (Wildman–Crippen MR) is 94.9 cm³/mol. The van der Waals surface area contributed by atoms with Crippen LogP contribution in [-0.2, 0) is 17.9 Å². The first-order valence-electron chi connectivity index (χ1n) is 7.69. The van der Waals surface area contributed by atoms with Crippen molar-refractivity contribution in [3.05, 3.63) is 45.6 Å². The fraction of sp³-hybridized carbons (Fsp3) is 0.389. The smallest absolute Gasteiger partial charge is 0.344 e. The second-order valence-electron chi connectivity index (χ2n) is 5.75. The summed E-state index contributed by atoms with van der Waals surface area (Å²) in [5, 5.41) is 11.2. The summed E-state index contributed by atoms with van der Waals surface area (Å²) in [6.45, 7) is 5.08. The molecule has 1 aromatic carbocycles. The molecule has 0 aliphatic carbocycles. The molecule has 0 saturated carbocycles. The number of rotatable bonds is 8. The molecule has 24 heavy (non-hydrogen) atoms. The molecule has 0 amide bonds. The molecule has 0 bridgehead atoms. The van der Waals surface area contributed by atoms with Crippen LogP contribution in [0.2, 0.25) is 0 Å². The molecule has 1 aromatic heterocycles. The van der Waals surface area contributed by atoms with E-state index in [1.165, 1.54) is 17.4 Å². The third kappa shape index (κ3) is 4.49. The van der Waals surface area contributed by atoms with Crippen LogP contribution in [0.5, 0.6) is 11.5 Å².